The molecule has 1 heterocycles. The van der Waals surface area contributed by atoms with Gasteiger partial charge in [0.25, 0.3) is 0 Å². The van der Waals surface area contributed by atoms with Crippen LogP contribution in [0, 0.1) is 0 Å². The summed E-state index contributed by atoms with van der Waals surface area (Å²) in [6.45, 7) is 3.58. The molecule has 0 radical (unpaired) electrons. The molecule has 6 heteroatoms. The number of carbonyl (C=O) groups excluding carboxylic acids is 1. The molecule has 5 nitrogen and oxygen atoms in total. The van der Waals surface area contributed by atoms with E-state index < -0.39 is 5.54 Å². The number of nitrogens with one attached hydrogen (secondary N) is 1. The second-order valence-corrected chi connectivity index (χ2v) is 5.61. The number of nitrogens with zero attached hydrogens (tertiary/aromatic N) is 1. The Labute approximate surface area is 115 Å². The van der Waals surface area contributed by atoms with E-state index in [2.05, 4.69) is 10.3 Å². The number of fused-ring (bicyclic) bond motifs is 1. The topological polar surface area (TPSA) is 77.2 Å². The van der Waals surface area contributed by atoms with Gasteiger partial charge < -0.3 is 15.8 Å². The molecule has 1 atom stereocenters. The van der Waals surface area contributed by atoms with Crippen molar-refractivity contribution in [3.63, 3.8) is 0 Å². The SMILES string of the molecule is CCC(C)(N)C(=O)Nc1nc2ccc(OC)cc2s1. The standard InChI is InChI=1S/C13H17N3O2S/c1-4-13(2,14)11(17)16-12-15-9-6-5-8(18-3)7-10(9)19-12/h5-7H,4,14H2,1-3H3,(H,15,16,17). The molecule has 0 bridgehead atoms. The van der Waals surface area contributed by atoms with E-state index >= 15 is 0 Å². The molecule has 1 amide bonds. The van der Waals surface area contributed by atoms with E-state index in [1.807, 2.05) is 25.1 Å². The number of anilines is 1. The number of carbonyl (C=O) groups is 1. The van der Waals surface area contributed by atoms with Crippen LogP contribution in [0.15, 0.2) is 18.2 Å². The van der Waals surface area contributed by atoms with E-state index in [1.54, 1.807) is 14.0 Å². The predicted molar refractivity (Wildman–Crippen MR) is 77.7 cm³/mol. The van der Waals surface area contributed by atoms with Crippen LogP contribution in [0.4, 0.5) is 5.13 Å². The minimum atomic E-state index is -0.879. The third-order valence-electron chi connectivity index (χ3n) is 3.07. The quantitative estimate of drug-likeness (QED) is 0.900. The summed E-state index contributed by atoms with van der Waals surface area (Å²) < 4.78 is 6.12. The molecule has 0 fully saturated rings. The van der Waals surface area contributed by atoms with Crippen molar-refractivity contribution in [3.8, 4) is 5.75 Å². The maximum atomic E-state index is 12.0. The van der Waals surface area contributed by atoms with Crippen molar-refractivity contribution < 1.29 is 9.53 Å². The van der Waals surface area contributed by atoms with Crippen LogP contribution in [0.3, 0.4) is 0 Å². The molecule has 102 valence electrons. The number of benzene rings is 1. The fourth-order valence-corrected chi connectivity index (χ4v) is 2.38. The number of nitrogens with two attached hydrogens (primary N) is 1. The van der Waals surface area contributed by atoms with Crippen LogP contribution in [-0.4, -0.2) is 23.5 Å². The zero-order valence-electron chi connectivity index (χ0n) is 11.2. The minimum absolute atomic E-state index is 0.221. The maximum absolute atomic E-state index is 12.0. The maximum Gasteiger partial charge on any atom is 0.245 e. The second kappa shape index (κ2) is 5.14. The fraction of sp³-hybridized carbons (Fsp3) is 0.385. The first-order valence-electron chi connectivity index (χ1n) is 6.01. The van der Waals surface area contributed by atoms with Crippen molar-refractivity contribution in [2.24, 2.45) is 5.73 Å². The Kier molecular flexibility index (Phi) is 3.73. The van der Waals surface area contributed by atoms with E-state index in [0.717, 1.165) is 16.0 Å². The molecule has 3 N–H and O–H groups in total. The van der Waals surface area contributed by atoms with Gasteiger partial charge in [-0.2, -0.15) is 0 Å². The summed E-state index contributed by atoms with van der Waals surface area (Å²) >= 11 is 1.40. The van der Waals surface area contributed by atoms with Crippen molar-refractivity contribution in [3.05, 3.63) is 18.2 Å². The number of rotatable bonds is 4. The van der Waals surface area contributed by atoms with Gasteiger partial charge in [0.05, 0.1) is 22.9 Å². The highest BCUT2D eigenvalue weighted by Crippen LogP contribution is 2.29. The molecule has 2 rings (SSSR count). The number of hydrogen-bond acceptors (Lipinski definition) is 5. The highest BCUT2D eigenvalue weighted by atomic mass is 32.1. The monoisotopic (exact) mass is 279 g/mol. The number of hydrogen-bond donors (Lipinski definition) is 2. The molecule has 0 saturated heterocycles. The van der Waals surface area contributed by atoms with Crippen LogP contribution in [0.25, 0.3) is 10.2 Å². The van der Waals surface area contributed by atoms with Gasteiger partial charge in [-0.15, -0.1) is 0 Å². The molecule has 1 aromatic heterocycles. The van der Waals surface area contributed by atoms with Gasteiger partial charge in [-0.05, 0) is 31.5 Å². The zero-order chi connectivity index (χ0) is 14.0. The second-order valence-electron chi connectivity index (χ2n) is 4.58. The normalized spacial score (nSPS) is 14.1. The lowest BCUT2D eigenvalue weighted by molar-refractivity contribution is -0.120. The Hall–Kier alpha value is -1.66. The molecule has 1 aromatic carbocycles. The molecule has 0 aliphatic heterocycles. The average molecular weight is 279 g/mol. The molecule has 2 aromatic rings. The molecule has 19 heavy (non-hydrogen) atoms. The van der Waals surface area contributed by atoms with Crippen LogP contribution in [-0.2, 0) is 4.79 Å². The van der Waals surface area contributed by atoms with Crippen molar-refractivity contribution in [2.45, 2.75) is 25.8 Å². The lowest BCUT2D eigenvalue weighted by atomic mass is 10.00. The highest BCUT2D eigenvalue weighted by Gasteiger charge is 2.26. The third kappa shape index (κ3) is 2.85. The van der Waals surface area contributed by atoms with Gasteiger partial charge in [-0.1, -0.05) is 18.3 Å². The number of methoxy groups -OCH3 is 1. The summed E-state index contributed by atoms with van der Waals surface area (Å²) in [6.07, 6.45) is 0.567. The molecule has 1 unspecified atom stereocenters. The Morgan fingerprint density at radius 2 is 2.32 bits per heavy atom. The van der Waals surface area contributed by atoms with Gasteiger partial charge in [0, 0.05) is 0 Å². The predicted octanol–water partition coefficient (Wildman–Crippen LogP) is 2.37. The van der Waals surface area contributed by atoms with Gasteiger partial charge >= 0.3 is 0 Å². The van der Waals surface area contributed by atoms with Crippen LogP contribution >= 0.6 is 11.3 Å². The lowest BCUT2D eigenvalue weighted by Crippen LogP contribution is -2.47. The summed E-state index contributed by atoms with van der Waals surface area (Å²) in [4.78, 5) is 16.3. The number of ether oxygens (including phenoxy) is 1. The van der Waals surface area contributed by atoms with Gasteiger partial charge in [0.15, 0.2) is 5.13 Å². The van der Waals surface area contributed by atoms with E-state index in [-0.39, 0.29) is 5.91 Å². The Morgan fingerprint density at radius 1 is 1.58 bits per heavy atom. The molecular formula is C13H17N3O2S. The Bertz CT molecular complexity index is 607. The Morgan fingerprint density at radius 3 is 2.95 bits per heavy atom. The summed E-state index contributed by atoms with van der Waals surface area (Å²) in [5.74, 6) is 0.548. The lowest BCUT2D eigenvalue weighted by Gasteiger charge is -2.20. The van der Waals surface area contributed by atoms with Crippen LogP contribution in [0.1, 0.15) is 20.3 Å². The molecule has 0 saturated carbocycles. The summed E-state index contributed by atoms with van der Waals surface area (Å²) in [5, 5.41) is 3.32. The largest absolute Gasteiger partial charge is 0.497 e. The van der Waals surface area contributed by atoms with Crippen molar-refractivity contribution in [1.82, 2.24) is 4.98 Å². The van der Waals surface area contributed by atoms with Gasteiger partial charge in [0.1, 0.15) is 5.75 Å². The first-order chi connectivity index (χ1) is 8.96. The summed E-state index contributed by atoms with van der Waals surface area (Å²) in [7, 11) is 1.62. The fourth-order valence-electron chi connectivity index (χ4n) is 1.49. The molecule has 0 aliphatic carbocycles. The average Bonchev–Trinajstić information content (AvgIpc) is 2.79. The number of thiazole rings is 1. The Balaban J connectivity index is 2.25. The highest BCUT2D eigenvalue weighted by molar-refractivity contribution is 7.22. The van der Waals surface area contributed by atoms with E-state index in [9.17, 15) is 4.79 Å². The van der Waals surface area contributed by atoms with Crippen molar-refractivity contribution in [2.75, 3.05) is 12.4 Å². The number of aromatic nitrogens is 1. The van der Waals surface area contributed by atoms with E-state index in [1.165, 1.54) is 11.3 Å². The van der Waals surface area contributed by atoms with E-state index in [0.29, 0.717) is 11.6 Å². The zero-order valence-corrected chi connectivity index (χ0v) is 12.0. The molecular weight excluding hydrogens is 262 g/mol. The van der Waals surface area contributed by atoms with Gasteiger partial charge in [0.2, 0.25) is 5.91 Å². The van der Waals surface area contributed by atoms with Crippen LogP contribution in [0.5, 0.6) is 5.75 Å². The molecule has 0 spiro atoms. The smallest absolute Gasteiger partial charge is 0.245 e. The summed E-state index contributed by atoms with van der Waals surface area (Å²) in [6, 6.07) is 5.60. The first-order valence-corrected chi connectivity index (χ1v) is 6.83. The van der Waals surface area contributed by atoms with Crippen LogP contribution in [0.2, 0.25) is 0 Å². The summed E-state index contributed by atoms with van der Waals surface area (Å²) in [5.41, 5.74) is 5.84. The van der Waals surface area contributed by atoms with Crippen LogP contribution < -0.4 is 15.8 Å². The van der Waals surface area contributed by atoms with Crippen molar-refractivity contribution >= 4 is 32.6 Å². The number of amides is 1. The van der Waals surface area contributed by atoms with Gasteiger partial charge in [-0.3, -0.25) is 4.79 Å². The molecule has 0 aliphatic rings. The first kappa shape index (κ1) is 13.8. The van der Waals surface area contributed by atoms with E-state index in [4.69, 9.17) is 10.5 Å². The minimum Gasteiger partial charge on any atom is -0.497 e. The van der Waals surface area contributed by atoms with Gasteiger partial charge in [-0.25, -0.2) is 4.98 Å². The third-order valence-corrected chi connectivity index (χ3v) is 4.00. The van der Waals surface area contributed by atoms with Crippen molar-refractivity contribution in [1.29, 1.82) is 0 Å².